The van der Waals surface area contributed by atoms with Gasteiger partial charge in [0.05, 0.1) is 7.11 Å². The summed E-state index contributed by atoms with van der Waals surface area (Å²) in [6.07, 6.45) is 1.84. The average molecular weight is 174 g/mol. The molecule has 0 bridgehead atoms. The number of hydrogen-bond acceptors (Lipinski definition) is 1. The molecule has 0 aliphatic rings. The van der Waals surface area contributed by atoms with Gasteiger partial charge in [-0.25, -0.2) is 0 Å². The smallest absolute Gasteiger partial charge is 0.137 e. The van der Waals surface area contributed by atoms with Crippen LogP contribution in [0.2, 0.25) is 0 Å². The molecular weight excluding hydrogens is 160 g/mol. The molecule has 1 nitrogen and oxygen atoms in total. The molecule has 0 saturated heterocycles. The normalized spacial score (nSPS) is 9.00. The molecule has 0 radical (unpaired) electrons. The number of allylic oxidation sites excluding steroid dienone is 1. The van der Waals surface area contributed by atoms with Gasteiger partial charge in [-0.3, -0.25) is 0 Å². The topological polar surface area (TPSA) is 9.23 Å². The first-order valence-electron chi connectivity index (χ1n) is 4.33. The van der Waals surface area contributed by atoms with E-state index >= 15 is 0 Å². The maximum absolute atomic E-state index is 5.06. The summed E-state index contributed by atoms with van der Waals surface area (Å²) in [4.78, 5) is 0. The molecular formula is C12H14O. The molecule has 0 amide bonds. The highest BCUT2D eigenvalue weighted by molar-refractivity contribution is 5.15. The monoisotopic (exact) mass is 174 g/mol. The lowest BCUT2D eigenvalue weighted by Crippen LogP contribution is -1.89. The van der Waals surface area contributed by atoms with Crippen molar-refractivity contribution in [2.75, 3.05) is 7.11 Å². The summed E-state index contributed by atoms with van der Waals surface area (Å²) in [7, 11) is 1.65. The molecule has 0 heterocycles. The van der Waals surface area contributed by atoms with Gasteiger partial charge < -0.3 is 4.74 Å². The number of ether oxygens (including phenoxy) is 1. The van der Waals surface area contributed by atoms with Crippen LogP contribution >= 0.6 is 0 Å². The predicted octanol–water partition coefficient (Wildman–Crippen LogP) is 2.93. The summed E-state index contributed by atoms with van der Waals surface area (Å²) < 4.78 is 5.06. The molecule has 1 aromatic carbocycles. The van der Waals surface area contributed by atoms with E-state index in [2.05, 4.69) is 24.4 Å². The molecule has 0 atom stereocenters. The highest BCUT2D eigenvalue weighted by atomic mass is 16.5. The van der Waals surface area contributed by atoms with E-state index in [9.17, 15) is 0 Å². The van der Waals surface area contributed by atoms with Crippen molar-refractivity contribution in [3.05, 3.63) is 54.0 Å². The first-order valence-corrected chi connectivity index (χ1v) is 4.33. The second-order valence-electron chi connectivity index (χ2n) is 2.79. The summed E-state index contributed by atoms with van der Waals surface area (Å²) in [6, 6.07) is 10.3. The Morgan fingerprint density at radius 3 is 2.62 bits per heavy atom. The molecule has 0 fully saturated rings. The van der Waals surface area contributed by atoms with Crippen LogP contribution in [0.4, 0.5) is 0 Å². The zero-order valence-electron chi connectivity index (χ0n) is 7.92. The third-order valence-electron chi connectivity index (χ3n) is 1.93. The summed E-state index contributed by atoms with van der Waals surface area (Å²) >= 11 is 0. The van der Waals surface area contributed by atoms with Crippen LogP contribution in [0.5, 0.6) is 0 Å². The molecule has 0 spiro atoms. The summed E-state index contributed by atoms with van der Waals surface area (Å²) in [5.41, 5.74) is 4.08. The van der Waals surface area contributed by atoms with Gasteiger partial charge in [-0.15, -0.1) is 0 Å². The number of aryl methyl sites for hydroxylation is 1. The maximum Gasteiger partial charge on any atom is 0.137 e. The van der Waals surface area contributed by atoms with Gasteiger partial charge in [0, 0.05) is 6.42 Å². The fraction of sp³-hybridized carbons (Fsp3) is 0.250. The van der Waals surface area contributed by atoms with Gasteiger partial charge in [0.1, 0.15) is 5.76 Å². The molecule has 0 aromatic heterocycles. The van der Waals surface area contributed by atoms with Crippen molar-refractivity contribution >= 4 is 0 Å². The van der Waals surface area contributed by atoms with Crippen LogP contribution in [0.15, 0.2) is 48.4 Å². The Bertz CT molecular complexity index is 294. The van der Waals surface area contributed by atoms with Crippen LogP contribution in [0.3, 0.4) is 0 Å². The quantitative estimate of drug-likeness (QED) is 0.503. The van der Waals surface area contributed by atoms with E-state index in [1.54, 1.807) is 7.11 Å². The molecule has 1 rings (SSSR count). The van der Waals surface area contributed by atoms with Gasteiger partial charge in [0.2, 0.25) is 0 Å². The van der Waals surface area contributed by atoms with E-state index in [0.717, 1.165) is 18.6 Å². The second kappa shape index (κ2) is 5.23. The Hall–Kier alpha value is -1.46. The van der Waals surface area contributed by atoms with Crippen molar-refractivity contribution in [2.45, 2.75) is 12.8 Å². The number of rotatable bonds is 4. The molecule has 1 aromatic rings. The molecule has 68 valence electrons. The van der Waals surface area contributed by atoms with Crippen molar-refractivity contribution in [1.29, 1.82) is 0 Å². The zero-order chi connectivity index (χ0) is 9.52. The van der Waals surface area contributed by atoms with Gasteiger partial charge in [-0.05, 0) is 12.0 Å². The lowest BCUT2D eigenvalue weighted by atomic mass is 10.1. The lowest BCUT2D eigenvalue weighted by molar-refractivity contribution is 0.278. The number of hydrogen-bond donors (Lipinski definition) is 0. The molecule has 0 unspecified atom stereocenters. The Labute approximate surface area is 79.4 Å². The standard InChI is InChI=1S/C12H14O/c1-3-12(13-2)10-9-11-7-5-4-6-8-11/h4-8H,1,9-10H2,2H3. The maximum atomic E-state index is 5.06. The van der Waals surface area contributed by atoms with Crippen LogP contribution in [-0.4, -0.2) is 7.11 Å². The van der Waals surface area contributed by atoms with Gasteiger partial charge in [-0.2, -0.15) is 0 Å². The summed E-state index contributed by atoms with van der Waals surface area (Å²) in [5, 5.41) is 0. The van der Waals surface area contributed by atoms with Crippen molar-refractivity contribution in [2.24, 2.45) is 0 Å². The predicted molar refractivity (Wildman–Crippen MR) is 54.4 cm³/mol. The van der Waals surface area contributed by atoms with E-state index in [1.165, 1.54) is 5.56 Å². The minimum atomic E-state index is 0.823. The Balaban J connectivity index is 2.48. The lowest BCUT2D eigenvalue weighted by Gasteiger charge is -2.02. The first kappa shape index (κ1) is 9.63. The summed E-state index contributed by atoms with van der Waals surface area (Å²) in [5.74, 6) is 0.823. The van der Waals surface area contributed by atoms with Crippen molar-refractivity contribution in [1.82, 2.24) is 0 Å². The van der Waals surface area contributed by atoms with Gasteiger partial charge in [0.15, 0.2) is 0 Å². The van der Waals surface area contributed by atoms with E-state index in [-0.39, 0.29) is 0 Å². The molecule has 0 aliphatic carbocycles. The molecule has 1 heteroatoms. The SMILES string of the molecule is C=C=C(CCc1ccccc1)OC. The van der Waals surface area contributed by atoms with Crippen LogP contribution in [0, 0.1) is 0 Å². The molecule has 0 aliphatic heterocycles. The van der Waals surface area contributed by atoms with Crippen LogP contribution < -0.4 is 0 Å². The van der Waals surface area contributed by atoms with E-state index < -0.39 is 0 Å². The highest BCUT2D eigenvalue weighted by Crippen LogP contribution is 2.07. The van der Waals surface area contributed by atoms with E-state index in [4.69, 9.17) is 4.74 Å². The largest absolute Gasteiger partial charge is 0.493 e. The molecule has 0 saturated carbocycles. The fourth-order valence-corrected chi connectivity index (χ4v) is 1.17. The minimum Gasteiger partial charge on any atom is -0.493 e. The average Bonchev–Trinajstić information content (AvgIpc) is 2.21. The number of benzene rings is 1. The Kier molecular flexibility index (Phi) is 3.87. The zero-order valence-corrected chi connectivity index (χ0v) is 7.92. The van der Waals surface area contributed by atoms with Crippen molar-refractivity contribution in [3.8, 4) is 0 Å². The van der Waals surface area contributed by atoms with Gasteiger partial charge in [0.25, 0.3) is 0 Å². The van der Waals surface area contributed by atoms with Gasteiger partial charge >= 0.3 is 0 Å². The Morgan fingerprint density at radius 2 is 2.08 bits per heavy atom. The summed E-state index contributed by atoms with van der Waals surface area (Å²) in [6.45, 7) is 3.56. The van der Waals surface area contributed by atoms with Crippen LogP contribution in [0.1, 0.15) is 12.0 Å². The second-order valence-corrected chi connectivity index (χ2v) is 2.79. The Morgan fingerprint density at radius 1 is 1.38 bits per heavy atom. The highest BCUT2D eigenvalue weighted by Gasteiger charge is 1.95. The molecule has 13 heavy (non-hydrogen) atoms. The van der Waals surface area contributed by atoms with E-state index in [0.29, 0.717) is 0 Å². The number of methoxy groups -OCH3 is 1. The van der Waals surface area contributed by atoms with Crippen LogP contribution in [0.25, 0.3) is 0 Å². The van der Waals surface area contributed by atoms with E-state index in [1.807, 2.05) is 18.2 Å². The van der Waals surface area contributed by atoms with Crippen molar-refractivity contribution in [3.63, 3.8) is 0 Å². The van der Waals surface area contributed by atoms with Gasteiger partial charge in [-0.1, -0.05) is 42.6 Å². The molecule has 0 N–H and O–H groups in total. The van der Waals surface area contributed by atoms with Crippen molar-refractivity contribution < 1.29 is 4.74 Å². The first-order chi connectivity index (χ1) is 6.36. The third-order valence-corrected chi connectivity index (χ3v) is 1.93. The third kappa shape index (κ3) is 3.18. The fourth-order valence-electron chi connectivity index (χ4n) is 1.17. The minimum absolute atomic E-state index is 0.823. The van der Waals surface area contributed by atoms with Crippen LogP contribution in [-0.2, 0) is 11.2 Å².